The molecular weight excluding hydrogens is 112 g/mol. The molecule has 0 aromatic heterocycles. The van der Waals surface area contributed by atoms with Crippen molar-refractivity contribution in [3.63, 3.8) is 0 Å². The molecule has 0 rings (SSSR count). The molecule has 0 radical (unpaired) electrons. The van der Waals surface area contributed by atoms with Crippen LogP contribution in [0.4, 0.5) is 0 Å². The summed E-state index contributed by atoms with van der Waals surface area (Å²) in [5, 5.41) is 0. The van der Waals surface area contributed by atoms with Crippen molar-refractivity contribution in [2.45, 2.75) is 31.9 Å². The molecule has 0 fully saturated rings. The first-order valence-electron chi connectivity index (χ1n) is 3.52. The summed E-state index contributed by atoms with van der Waals surface area (Å²) in [5.74, 6) is 0. The minimum absolute atomic E-state index is 0.352. The topological polar surface area (TPSA) is 0 Å². The van der Waals surface area contributed by atoms with Crippen LogP contribution in [0.15, 0.2) is 12.7 Å². The molecule has 0 saturated heterocycles. The predicted octanol–water partition coefficient (Wildman–Crippen LogP) is 1.98. The van der Waals surface area contributed by atoms with Gasteiger partial charge in [0, 0.05) is 9.52 Å². The molecule has 0 N–H and O–H groups in total. The number of rotatable bonds is 5. The smallest absolute Gasteiger partial charge is 0.0166 e. The highest BCUT2D eigenvalue weighted by molar-refractivity contribution is 6.33. The first kappa shape index (κ1) is 7.96. The van der Waals surface area contributed by atoms with E-state index in [1.807, 2.05) is 6.08 Å². The number of hydrogen-bond donors (Lipinski definition) is 0. The zero-order valence-corrected chi connectivity index (χ0v) is 7.23. The lowest BCUT2D eigenvalue weighted by atomic mass is 10.2. The predicted molar refractivity (Wildman–Crippen MR) is 43.3 cm³/mol. The van der Waals surface area contributed by atoms with Gasteiger partial charge in [-0.2, -0.15) is 0 Å². The molecule has 48 valence electrons. The monoisotopic (exact) mass is 128 g/mol. The van der Waals surface area contributed by atoms with Crippen molar-refractivity contribution in [3.05, 3.63) is 12.7 Å². The van der Waals surface area contributed by atoms with Crippen molar-refractivity contribution in [1.29, 1.82) is 0 Å². The fraction of sp³-hybridized carbons (Fsp3) is 0.714. The van der Waals surface area contributed by atoms with Crippen molar-refractivity contribution >= 4 is 9.52 Å². The largest absolute Gasteiger partial charge is 0.103 e. The highest BCUT2D eigenvalue weighted by atomic mass is 28.2. The van der Waals surface area contributed by atoms with Gasteiger partial charge in [0.25, 0.3) is 0 Å². The van der Waals surface area contributed by atoms with Crippen molar-refractivity contribution < 1.29 is 0 Å². The lowest BCUT2D eigenvalue weighted by Crippen LogP contribution is -1.79. The average molecular weight is 128 g/mol. The van der Waals surface area contributed by atoms with E-state index in [0.29, 0.717) is 9.52 Å². The van der Waals surface area contributed by atoms with Crippen LogP contribution in [0.25, 0.3) is 0 Å². The number of hydrogen-bond acceptors (Lipinski definition) is 0. The van der Waals surface area contributed by atoms with Crippen molar-refractivity contribution in [2.24, 2.45) is 0 Å². The Morgan fingerprint density at radius 2 is 2.25 bits per heavy atom. The second kappa shape index (κ2) is 6.96. The fourth-order valence-electron chi connectivity index (χ4n) is 0.715. The molecule has 0 aliphatic carbocycles. The molecular formula is C7H16Si. The van der Waals surface area contributed by atoms with Crippen LogP contribution in [0.2, 0.25) is 12.6 Å². The van der Waals surface area contributed by atoms with Gasteiger partial charge < -0.3 is 0 Å². The molecule has 0 aromatic rings. The standard InChI is InChI=1S/C7H16Si/c1-3-4-5-6-7-8-2/h3H,1,4-8H2,2H3. The van der Waals surface area contributed by atoms with E-state index >= 15 is 0 Å². The Kier molecular flexibility index (Phi) is 6.92. The zero-order chi connectivity index (χ0) is 6.24. The molecule has 0 amide bonds. The molecule has 0 aliphatic rings. The van der Waals surface area contributed by atoms with E-state index in [-0.39, 0.29) is 0 Å². The Labute approximate surface area is 54.8 Å². The second-order valence-corrected chi connectivity index (χ2v) is 3.85. The summed E-state index contributed by atoms with van der Waals surface area (Å²) in [6.07, 6.45) is 6.03. The van der Waals surface area contributed by atoms with Crippen LogP contribution in [-0.4, -0.2) is 9.52 Å². The summed E-state index contributed by atoms with van der Waals surface area (Å²) in [4.78, 5) is 0. The minimum atomic E-state index is 0.352. The summed E-state index contributed by atoms with van der Waals surface area (Å²) in [6.45, 7) is 6.04. The Morgan fingerprint density at radius 1 is 1.50 bits per heavy atom. The van der Waals surface area contributed by atoms with Crippen molar-refractivity contribution in [1.82, 2.24) is 0 Å². The fourth-order valence-corrected chi connectivity index (χ4v) is 1.57. The Hall–Kier alpha value is -0.0431. The van der Waals surface area contributed by atoms with E-state index in [4.69, 9.17) is 0 Å². The molecule has 0 atom stereocenters. The molecule has 0 nitrogen and oxygen atoms in total. The molecule has 0 saturated carbocycles. The maximum absolute atomic E-state index is 3.67. The van der Waals surface area contributed by atoms with Crippen LogP contribution in [0.3, 0.4) is 0 Å². The van der Waals surface area contributed by atoms with Gasteiger partial charge in [-0.15, -0.1) is 6.58 Å². The number of allylic oxidation sites excluding steroid dienone is 1. The van der Waals surface area contributed by atoms with Gasteiger partial charge in [0.15, 0.2) is 0 Å². The maximum atomic E-state index is 3.67. The molecule has 0 aromatic carbocycles. The van der Waals surface area contributed by atoms with Crippen LogP contribution >= 0.6 is 0 Å². The van der Waals surface area contributed by atoms with E-state index in [9.17, 15) is 0 Å². The summed E-state index contributed by atoms with van der Waals surface area (Å²) in [5.41, 5.74) is 0. The van der Waals surface area contributed by atoms with E-state index in [0.717, 1.165) is 0 Å². The first-order valence-corrected chi connectivity index (χ1v) is 5.94. The van der Waals surface area contributed by atoms with Gasteiger partial charge in [-0.25, -0.2) is 0 Å². The molecule has 1 heteroatoms. The molecule has 0 aliphatic heterocycles. The summed E-state index contributed by atoms with van der Waals surface area (Å²) < 4.78 is 0. The highest BCUT2D eigenvalue weighted by Crippen LogP contribution is 1.98. The van der Waals surface area contributed by atoms with Gasteiger partial charge in [0.1, 0.15) is 0 Å². The van der Waals surface area contributed by atoms with Crippen LogP contribution in [0, 0.1) is 0 Å². The summed E-state index contributed by atoms with van der Waals surface area (Å²) in [6, 6.07) is 1.52. The Bertz CT molecular complexity index is 50.3. The van der Waals surface area contributed by atoms with Crippen LogP contribution in [-0.2, 0) is 0 Å². The summed E-state index contributed by atoms with van der Waals surface area (Å²) >= 11 is 0. The maximum Gasteiger partial charge on any atom is 0.0166 e. The average Bonchev–Trinajstić information content (AvgIpc) is 1.81. The van der Waals surface area contributed by atoms with Gasteiger partial charge >= 0.3 is 0 Å². The molecule has 0 bridgehead atoms. The van der Waals surface area contributed by atoms with E-state index in [1.165, 1.54) is 25.3 Å². The van der Waals surface area contributed by atoms with E-state index in [1.54, 1.807) is 0 Å². The quantitative estimate of drug-likeness (QED) is 0.302. The zero-order valence-electron chi connectivity index (χ0n) is 5.82. The highest BCUT2D eigenvalue weighted by Gasteiger charge is 1.82. The third-order valence-corrected chi connectivity index (χ3v) is 2.47. The number of unbranched alkanes of at least 4 members (excludes halogenated alkanes) is 2. The lowest BCUT2D eigenvalue weighted by Gasteiger charge is -1.91. The van der Waals surface area contributed by atoms with Gasteiger partial charge in [-0.1, -0.05) is 31.5 Å². The SMILES string of the molecule is C=CCCCC[SiH2]C. The third kappa shape index (κ3) is 5.96. The molecule has 8 heavy (non-hydrogen) atoms. The minimum Gasteiger partial charge on any atom is -0.103 e. The van der Waals surface area contributed by atoms with Gasteiger partial charge in [-0.3, -0.25) is 0 Å². The summed E-state index contributed by atoms with van der Waals surface area (Å²) in [7, 11) is 0.352. The lowest BCUT2D eigenvalue weighted by molar-refractivity contribution is 0.812. The van der Waals surface area contributed by atoms with E-state index in [2.05, 4.69) is 13.1 Å². The Morgan fingerprint density at radius 3 is 2.75 bits per heavy atom. The van der Waals surface area contributed by atoms with E-state index < -0.39 is 0 Å². The van der Waals surface area contributed by atoms with Crippen LogP contribution in [0.1, 0.15) is 19.3 Å². The Balaban J connectivity index is 2.62. The normalized spacial score (nSPS) is 10.6. The second-order valence-electron chi connectivity index (χ2n) is 2.14. The van der Waals surface area contributed by atoms with Gasteiger partial charge in [-0.05, 0) is 6.42 Å². The van der Waals surface area contributed by atoms with Gasteiger partial charge in [0.2, 0.25) is 0 Å². The van der Waals surface area contributed by atoms with Crippen LogP contribution < -0.4 is 0 Å². The molecule has 0 heterocycles. The van der Waals surface area contributed by atoms with Crippen molar-refractivity contribution in [2.75, 3.05) is 0 Å². The molecule has 0 spiro atoms. The van der Waals surface area contributed by atoms with Gasteiger partial charge in [0.05, 0.1) is 0 Å². The van der Waals surface area contributed by atoms with Crippen molar-refractivity contribution in [3.8, 4) is 0 Å². The third-order valence-electron chi connectivity index (χ3n) is 1.26. The first-order chi connectivity index (χ1) is 3.91. The van der Waals surface area contributed by atoms with Crippen LogP contribution in [0.5, 0.6) is 0 Å². The molecule has 0 unspecified atom stereocenters.